The molecule has 0 heterocycles. The zero-order valence-electron chi connectivity index (χ0n) is 20.5. The van der Waals surface area contributed by atoms with Gasteiger partial charge in [-0.3, -0.25) is 4.55 Å². The Morgan fingerprint density at radius 1 is 0.688 bits per heavy atom. The summed E-state index contributed by atoms with van der Waals surface area (Å²) >= 11 is 0. The van der Waals surface area contributed by atoms with E-state index in [-0.39, 0.29) is 65.5 Å². The number of carboxylic acid groups (broad SMARTS) is 2. The minimum Gasteiger partial charge on any atom is -0.550 e. The third-order valence-corrected chi connectivity index (χ3v) is 7.23. The summed E-state index contributed by atoms with van der Waals surface area (Å²) in [6.45, 7) is 2.23. The molecule has 0 fully saturated rings. The van der Waals surface area contributed by atoms with Crippen LogP contribution in [0, 0.1) is 0 Å². The van der Waals surface area contributed by atoms with Crippen LogP contribution in [0.1, 0.15) is 122 Å². The van der Waals surface area contributed by atoms with E-state index in [0.29, 0.717) is 6.42 Å². The normalized spacial score (nSPS) is 12.9. The quantitative estimate of drug-likeness (QED) is 0.103. The fourth-order valence-corrected chi connectivity index (χ4v) is 4.69. The van der Waals surface area contributed by atoms with Crippen LogP contribution in [0.25, 0.3) is 0 Å². The molecule has 178 valence electrons. The van der Waals surface area contributed by atoms with Gasteiger partial charge in [-0.2, -0.15) is 8.42 Å². The van der Waals surface area contributed by atoms with Gasteiger partial charge in [0.15, 0.2) is 0 Å². The van der Waals surface area contributed by atoms with Crippen molar-refractivity contribution in [3.63, 3.8) is 0 Å². The fraction of sp³-hybridized carbons (Fsp3) is 0.909. The number of hydrogen-bond donors (Lipinski definition) is 1. The molecule has 0 rings (SSSR count). The molecule has 10 heteroatoms. The van der Waals surface area contributed by atoms with Crippen LogP contribution in [0.3, 0.4) is 0 Å². The van der Waals surface area contributed by atoms with Crippen molar-refractivity contribution in [2.75, 3.05) is 0 Å². The molecule has 0 aliphatic rings. The van der Waals surface area contributed by atoms with Crippen LogP contribution in [0.2, 0.25) is 0 Å². The molecule has 0 aromatic carbocycles. The Balaban J connectivity index is -0.00000420. The van der Waals surface area contributed by atoms with Crippen molar-refractivity contribution in [3.8, 4) is 0 Å². The summed E-state index contributed by atoms with van der Waals surface area (Å²) in [5.41, 5.74) is 0. The molecule has 0 aliphatic carbocycles. The van der Waals surface area contributed by atoms with Gasteiger partial charge < -0.3 is 19.8 Å². The number of aliphatic carboxylic acids is 2. The van der Waals surface area contributed by atoms with E-state index in [1.54, 1.807) is 0 Å². The van der Waals surface area contributed by atoms with E-state index in [0.717, 1.165) is 25.7 Å². The summed E-state index contributed by atoms with van der Waals surface area (Å²) in [7, 11) is -5.12. The van der Waals surface area contributed by atoms with Crippen LogP contribution < -0.4 is 69.3 Å². The average Bonchev–Trinajstić information content (AvgIpc) is 2.65. The predicted octanol–water partition coefficient (Wildman–Crippen LogP) is -2.84. The summed E-state index contributed by atoms with van der Waals surface area (Å²) in [6.07, 6.45) is 16.0. The van der Waals surface area contributed by atoms with Gasteiger partial charge in [0.25, 0.3) is 10.1 Å². The number of carboxylic acids is 2. The van der Waals surface area contributed by atoms with E-state index in [9.17, 15) is 32.8 Å². The molecule has 0 bridgehead atoms. The first-order valence-electron chi connectivity index (χ1n) is 11.6. The van der Waals surface area contributed by atoms with Gasteiger partial charge >= 0.3 is 59.1 Å². The van der Waals surface area contributed by atoms with E-state index >= 15 is 0 Å². The summed E-state index contributed by atoms with van der Waals surface area (Å²) in [6, 6.07) is 0. The van der Waals surface area contributed by atoms with Crippen LogP contribution >= 0.6 is 0 Å². The van der Waals surface area contributed by atoms with Crippen molar-refractivity contribution >= 4 is 22.1 Å². The Morgan fingerprint density at radius 2 is 1.00 bits per heavy atom. The van der Waals surface area contributed by atoms with E-state index in [4.69, 9.17) is 0 Å². The largest absolute Gasteiger partial charge is 1.00 e. The molecule has 0 saturated carbocycles. The molecule has 1 atom stereocenters. The van der Waals surface area contributed by atoms with Gasteiger partial charge in [0.1, 0.15) is 4.75 Å². The van der Waals surface area contributed by atoms with Crippen LogP contribution in [0.15, 0.2) is 0 Å². The molecule has 32 heavy (non-hydrogen) atoms. The van der Waals surface area contributed by atoms with Gasteiger partial charge in [-0.15, -0.1) is 0 Å². The summed E-state index contributed by atoms with van der Waals surface area (Å²) in [4.78, 5) is 22.0. The first-order chi connectivity index (χ1) is 14.2. The van der Waals surface area contributed by atoms with E-state index in [1.807, 2.05) is 0 Å². The maximum Gasteiger partial charge on any atom is 1.00 e. The van der Waals surface area contributed by atoms with Gasteiger partial charge in [0.05, 0.1) is 5.97 Å². The van der Waals surface area contributed by atoms with E-state index in [2.05, 4.69) is 6.92 Å². The van der Waals surface area contributed by atoms with Crippen molar-refractivity contribution < 1.29 is 91.9 Å². The topological polar surface area (TPSA) is 135 Å². The van der Waals surface area contributed by atoms with Crippen molar-refractivity contribution in [1.29, 1.82) is 0 Å². The Hall–Kier alpha value is 0.850. The van der Waals surface area contributed by atoms with Gasteiger partial charge in [-0.25, -0.2) is 0 Å². The number of unbranched alkanes of at least 4 members (excludes halogenated alkanes) is 15. The Labute approximate surface area is 239 Å². The zero-order valence-corrected chi connectivity index (χ0v) is 25.3. The second-order valence-electron chi connectivity index (χ2n) is 8.36. The second-order valence-corrected chi connectivity index (χ2v) is 10.1. The molecule has 0 aromatic heterocycles. The Kier molecular flexibility index (Phi) is 26.1. The molecule has 0 radical (unpaired) electrons. The van der Waals surface area contributed by atoms with Gasteiger partial charge in [-0.05, 0) is 6.42 Å². The van der Waals surface area contributed by atoms with Crippen molar-refractivity contribution in [1.82, 2.24) is 0 Å². The predicted molar refractivity (Wildman–Crippen MR) is 113 cm³/mol. The smallest absolute Gasteiger partial charge is 0.550 e. The Morgan fingerprint density at radius 3 is 1.25 bits per heavy atom. The number of carbonyl (C=O) groups excluding carboxylic acids is 2. The van der Waals surface area contributed by atoms with Crippen LogP contribution in [-0.2, 0) is 19.7 Å². The Bertz CT molecular complexity index is 585. The number of hydrogen-bond acceptors (Lipinski definition) is 6. The average molecular weight is 495 g/mol. The second kappa shape index (κ2) is 22.3. The van der Waals surface area contributed by atoms with Gasteiger partial charge in [0.2, 0.25) is 0 Å². The maximum atomic E-state index is 11.5. The van der Waals surface area contributed by atoms with Crippen molar-refractivity contribution in [2.24, 2.45) is 0 Å². The van der Waals surface area contributed by atoms with E-state index in [1.165, 1.54) is 64.2 Å². The van der Waals surface area contributed by atoms with Crippen LogP contribution in [0.4, 0.5) is 0 Å². The number of carbonyl (C=O) groups is 2. The zero-order chi connectivity index (χ0) is 22.9. The molecule has 0 amide bonds. The SMILES string of the molecule is CCCCCCCCCCCCCCCCCCC(CC(=O)[O-])(C(=O)[O-])S(=O)(=O)O.[Na+].[Na+]. The van der Waals surface area contributed by atoms with Gasteiger partial charge in [0, 0.05) is 12.4 Å². The molecule has 0 aliphatic heterocycles. The maximum absolute atomic E-state index is 11.5. The fourth-order valence-electron chi connectivity index (χ4n) is 3.78. The molecule has 1 unspecified atom stereocenters. The van der Waals surface area contributed by atoms with Crippen LogP contribution in [0.5, 0.6) is 0 Å². The van der Waals surface area contributed by atoms with Crippen LogP contribution in [-0.4, -0.2) is 29.7 Å². The monoisotopic (exact) mass is 494 g/mol. The van der Waals surface area contributed by atoms with Crippen molar-refractivity contribution in [3.05, 3.63) is 0 Å². The summed E-state index contributed by atoms with van der Waals surface area (Å²) < 4.78 is 29.3. The summed E-state index contributed by atoms with van der Waals surface area (Å²) in [5, 5.41) is 22.0. The molecule has 1 N–H and O–H groups in total. The third-order valence-electron chi connectivity index (χ3n) is 5.73. The third kappa shape index (κ3) is 17.3. The molecule has 0 saturated heterocycles. The first-order valence-corrected chi connectivity index (χ1v) is 13.0. The molecule has 0 aromatic rings. The molecule has 0 spiro atoms. The van der Waals surface area contributed by atoms with E-state index < -0.39 is 39.6 Å². The number of rotatable bonds is 21. The summed E-state index contributed by atoms with van der Waals surface area (Å²) in [5.74, 6) is -3.96. The standard InChI is InChI=1S/C22H42O7S.2Na/c1-2-3-4-5-6-7-8-9-10-11-12-13-14-15-16-17-18-22(21(25)26,19-20(23)24)30(27,28)29;;/h2-19H2,1H3,(H,23,24)(H,25,26)(H,27,28,29);;/q;2*+1/p-2. The van der Waals surface area contributed by atoms with Crippen molar-refractivity contribution in [2.45, 2.75) is 127 Å². The molecule has 7 nitrogen and oxygen atoms in total. The molecular weight excluding hydrogens is 454 g/mol. The molecular formula is C22H40Na2O7S. The minimum atomic E-state index is -5.12. The van der Waals surface area contributed by atoms with Gasteiger partial charge in [-0.1, -0.05) is 110 Å². The first kappa shape index (κ1) is 37.4. The minimum absolute atomic E-state index is 0.